The summed E-state index contributed by atoms with van der Waals surface area (Å²) in [4.78, 5) is 0. The standard InChI is InChI=1S/C36H22B2O6/c37-29-30(38)32(40)27-24(22-16-15-19(17-9-3-1-4-10-17)20-13-7-8-14-21(20)22)28-26(33(41)35(43)36(44)34(28)42)23(25(27)31(29)39)18-11-5-2-6-12-18/h1-16,39-44H. The molecule has 7 rings (SSSR count). The van der Waals surface area contributed by atoms with Crippen LogP contribution in [0.4, 0.5) is 0 Å². The highest BCUT2D eigenvalue weighted by molar-refractivity contribution is 6.54. The van der Waals surface area contributed by atoms with Gasteiger partial charge in [0.2, 0.25) is 11.5 Å². The van der Waals surface area contributed by atoms with Crippen LogP contribution in [-0.2, 0) is 0 Å². The van der Waals surface area contributed by atoms with E-state index in [1.165, 1.54) is 0 Å². The van der Waals surface area contributed by atoms with Crippen molar-refractivity contribution in [2.45, 2.75) is 0 Å². The molecule has 208 valence electrons. The Bertz CT molecular complexity index is 2220. The lowest BCUT2D eigenvalue weighted by Gasteiger charge is -2.24. The van der Waals surface area contributed by atoms with Crippen LogP contribution in [0.2, 0.25) is 0 Å². The van der Waals surface area contributed by atoms with Crippen molar-refractivity contribution in [1.29, 1.82) is 0 Å². The van der Waals surface area contributed by atoms with E-state index in [1.807, 2.05) is 60.7 Å². The van der Waals surface area contributed by atoms with E-state index in [1.54, 1.807) is 36.4 Å². The Morgan fingerprint density at radius 2 is 0.727 bits per heavy atom. The van der Waals surface area contributed by atoms with Gasteiger partial charge in [0.1, 0.15) is 27.2 Å². The lowest BCUT2D eigenvalue weighted by atomic mass is 9.74. The molecule has 0 atom stereocenters. The van der Waals surface area contributed by atoms with E-state index in [2.05, 4.69) is 0 Å². The predicted molar refractivity (Wildman–Crippen MR) is 176 cm³/mol. The van der Waals surface area contributed by atoms with Gasteiger partial charge >= 0.3 is 0 Å². The van der Waals surface area contributed by atoms with Gasteiger partial charge < -0.3 is 30.6 Å². The van der Waals surface area contributed by atoms with Crippen molar-refractivity contribution in [2.75, 3.05) is 0 Å². The van der Waals surface area contributed by atoms with Crippen molar-refractivity contribution < 1.29 is 30.6 Å². The van der Waals surface area contributed by atoms with Gasteiger partial charge in [0.05, 0.1) is 0 Å². The van der Waals surface area contributed by atoms with E-state index in [0.29, 0.717) is 16.5 Å². The Morgan fingerprint density at radius 3 is 1.27 bits per heavy atom. The zero-order chi connectivity index (χ0) is 30.9. The van der Waals surface area contributed by atoms with Crippen molar-refractivity contribution in [3.05, 3.63) is 97.1 Å². The number of phenolic OH excluding ortho intramolecular Hbond substituents is 6. The molecule has 7 aromatic carbocycles. The van der Waals surface area contributed by atoms with Gasteiger partial charge in [-0.1, -0.05) is 108 Å². The van der Waals surface area contributed by atoms with Gasteiger partial charge in [-0.3, -0.25) is 0 Å². The molecule has 0 aliphatic rings. The first-order valence-electron chi connectivity index (χ1n) is 13.7. The number of aromatic hydroxyl groups is 6. The number of phenols is 6. The van der Waals surface area contributed by atoms with E-state index in [4.69, 9.17) is 15.7 Å². The van der Waals surface area contributed by atoms with Gasteiger partial charge in [-0.2, -0.15) is 0 Å². The first-order chi connectivity index (χ1) is 21.2. The van der Waals surface area contributed by atoms with E-state index in [9.17, 15) is 30.6 Å². The van der Waals surface area contributed by atoms with Gasteiger partial charge in [0.25, 0.3) is 0 Å². The first kappa shape index (κ1) is 27.1. The molecular formula is C36H22B2O6. The van der Waals surface area contributed by atoms with Crippen molar-refractivity contribution >= 4 is 58.9 Å². The van der Waals surface area contributed by atoms with Crippen LogP contribution in [0.5, 0.6) is 34.5 Å². The molecule has 0 saturated heterocycles. The molecule has 0 saturated carbocycles. The molecule has 7 aromatic rings. The summed E-state index contributed by atoms with van der Waals surface area (Å²) in [7, 11) is 12.4. The van der Waals surface area contributed by atoms with Crippen LogP contribution in [-0.4, -0.2) is 46.3 Å². The molecular weight excluding hydrogens is 550 g/mol. The van der Waals surface area contributed by atoms with Gasteiger partial charge in [-0.05, 0) is 33.0 Å². The summed E-state index contributed by atoms with van der Waals surface area (Å²) >= 11 is 0. The van der Waals surface area contributed by atoms with Crippen molar-refractivity contribution in [2.24, 2.45) is 0 Å². The highest BCUT2D eigenvalue weighted by atomic mass is 16.3. The normalized spacial score (nSPS) is 11.5. The molecule has 0 fully saturated rings. The third-order valence-corrected chi connectivity index (χ3v) is 8.26. The number of hydrogen-bond acceptors (Lipinski definition) is 6. The minimum Gasteiger partial charge on any atom is -0.508 e. The smallest absolute Gasteiger partial charge is 0.204 e. The van der Waals surface area contributed by atoms with Crippen LogP contribution in [0.25, 0.3) is 65.7 Å². The number of hydrogen-bond donors (Lipinski definition) is 6. The molecule has 0 unspecified atom stereocenters. The fraction of sp³-hybridized carbons (Fsp3) is 0. The number of fused-ring (bicyclic) bond motifs is 3. The minimum absolute atomic E-state index is 0.0259. The zero-order valence-corrected chi connectivity index (χ0v) is 23.1. The minimum atomic E-state index is -0.952. The fourth-order valence-electron chi connectivity index (χ4n) is 6.23. The van der Waals surface area contributed by atoms with Crippen LogP contribution >= 0.6 is 0 Å². The van der Waals surface area contributed by atoms with Crippen LogP contribution in [0.3, 0.4) is 0 Å². The van der Waals surface area contributed by atoms with E-state index < -0.39 is 34.5 Å². The molecule has 44 heavy (non-hydrogen) atoms. The Morgan fingerprint density at radius 1 is 0.341 bits per heavy atom. The molecule has 0 amide bonds. The topological polar surface area (TPSA) is 121 Å². The Labute approximate surface area is 254 Å². The maximum Gasteiger partial charge on any atom is 0.204 e. The van der Waals surface area contributed by atoms with Crippen LogP contribution < -0.4 is 10.9 Å². The maximum absolute atomic E-state index is 11.7. The van der Waals surface area contributed by atoms with Crippen LogP contribution in [0, 0.1) is 0 Å². The molecule has 8 heteroatoms. The Balaban J connectivity index is 1.80. The summed E-state index contributed by atoms with van der Waals surface area (Å²) in [5.74, 6) is -4.31. The largest absolute Gasteiger partial charge is 0.508 e. The second-order valence-electron chi connectivity index (χ2n) is 10.6. The van der Waals surface area contributed by atoms with E-state index >= 15 is 0 Å². The average molecular weight is 572 g/mol. The fourth-order valence-corrected chi connectivity index (χ4v) is 6.23. The molecule has 6 N–H and O–H groups in total. The molecule has 0 spiro atoms. The Hall–Kier alpha value is -5.75. The number of rotatable bonds is 3. The molecule has 0 aliphatic heterocycles. The van der Waals surface area contributed by atoms with E-state index in [0.717, 1.165) is 16.5 Å². The summed E-state index contributed by atoms with van der Waals surface area (Å²) in [5, 5.41) is 69.1. The third kappa shape index (κ3) is 3.71. The molecule has 4 radical (unpaired) electrons. The SMILES string of the molecule is [B]c1c([B])c(O)c2c(-c3ccc(-c4ccccc4)c4ccccc34)c3c(O)c(O)c(O)c(O)c3c(-c3ccccc3)c2c1O. The van der Waals surface area contributed by atoms with Gasteiger partial charge in [-0.25, -0.2) is 0 Å². The van der Waals surface area contributed by atoms with Gasteiger partial charge in [-0.15, -0.1) is 0 Å². The van der Waals surface area contributed by atoms with Crippen molar-refractivity contribution in [1.82, 2.24) is 0 Å². The lowest BCUT2D eigenvalue weighted by molar-refractivity contribution is 0.351. The third-order valence-electron chi connectivity index (χ3n) is 8.26. The molecule has 0 heterocycles. The van der Waals surface area contributed by atoms with Gasteiger partial charge in [0, 0.05) is 32.7 Å². The summed E-state index contributed by atoms with van der Waals surface area (Å²) < 4.78 is 0. The quantitative estimate of drug-likeness (QED) is 0.0672. The first-order valence-corrected chi connectivity index (χ1v) is 13.7. The lowest BCUT2D eigenvalue weighted by Crippen LogP contribution is -2.26. The monoisotopic (exact) mass is 572 g/mol. The predicted octanol–water partition coefficient (Wildman–Crippen LogP) is 5.97. The van der Waals surface area contributed by atoms with Crippen LogP contribution in [0.15, 0.2) is 97.1 Å². The number of benzene rings is 7. The van der Waals surface area contributed by atoms with Crippen molar-refractivity contribution in [3.63, 3.8) is 0 Å². The summed E-state index contributed by atoms with van der Waals surface area (Å²) in [6.07, 6.45) is 0. The summed E-state index contributed by atoms with van der Waals surface area (Å²) in [6.45, 7) is 0. The highest BCUT2D eigenvalue weighted by Crippen LogP contribution is 2.59. The van der Waals surface area contributed by atoms with Crippen molar-refractivity contribution in [3.8, 4) is 67.9 Å². The molecule has 0 bridgehead atoms. The van der Waals surface area contributed by atoms with E-state index in [-0.39, 0.29) is 43.6 Å². The average Bonchev–Trinajstić information content (AvgIpc) is 3.07. The van der Waals surface area contributed by atoms with Crippen LogP contribution in [0.1, 0.15) is 0 Å². The van der Waals surface area contributed by atoms with Gasteiger partial charge in [0.15, 0.2) is 11.5 Å². The second kappa shape index (κ2) is 9.92. The molecule has 6 nitrogen and oxygen atoms in total. The zero-order valence-electron chi connectivity index (χ0n) is 23.1. The highest BCUT2D eigenvalue weighted by Gasteiger charge is 2.31. The summed E-state index contributed by atoms with van der Waals surface area (Å²) in [6, 6.07) is 29.6. The maximum atomic E-state index is 11.7. The second-order valence-corrected chi connectivity index (χ2v) is 10.6. The molecule has 0 aliphatic carbocycles. The molecule has 0 aromatic heterocycles. The summed E-state index contributed by atoms with van der Waals surface area (Å²) in [5.41, 5.74) is 2.54. The Kier molecular flexibility index (Phi) is 6.11.